The third-order valence-corrected chi connectivity index (χ3v) is 6.44. The topological polar surface area (TPSA) is 68.2 Å². The van der Waals surface area contributed by atoms with Gasteiger partial charge in [0, 0.05) is 45.1 Å². The van der Waals surface area contributed by atoms with Crippen LogP contribution in [-0.4, -0.2) is 81.5 Å². The lowest BCUT2D eigenvalue weighted by Gasteiger charge is -2.35. The van der Waals surface area contributed by atoms with Crippen molar-refractivity contribution < 1.29 is 8.42 Å². The molecule has 0 bridgehead atoms. The molecular formula is C20H37N5O2S. The lowest BCUT2D eigenvalue weighted by Crippen LogP contribution is -2.44. The van der Waals surface area contributed by atoms with E-state index in [0.717, 1.165) is 51.2 Å². The summed E-state index contributed by atoms with van der Waals surface area (Å²) in [6.45, 7) is 7.68. The zero-order chi connectivity index (χ0) is 20.7. The molecule has 1 fully saturated rings. The summed E-state index contributed by atoms with van der Waals surface area (Å²) < 4.78 is 22.8. The van der Waals surface area contributed by atoms with Gasteiger partial charge in [-0.2, -0.15) is 0 Å². The number of allylic oxidation sites excluding steroid dienone is 4. The van der Waals surface area contributed by atoms with Crippen molar-refractivity contribution in [3.8, 4) is 0 Å². The van der Waals surface area contributed by atoms with E-state index in [2.05, 4.69) is 48.3 Å². The van der Waals surface area contributed by atoms with Crippen LogP contribution in [0.4, 0.5) is 0 Å². The van der Waals surface area contributed by atoms with Crippen molar-refractivity contribution >= 4 is 15.7 Å². The van der Waals surface area contributed by atoms with Crippen LogP contribution in [0.25, 0.3) is 0 Å². The van der Waals surface area contributed by atoms with Gasteiger partial charge in [0.1, 0.15) is 15.7 Å². The Labute approximate surface area is 171 Å². The number of amidine groups is 1. The van der Waals surface area contributed by atoms with Crippen LogP contribution in [-0.2, 0) is 9.84 Å². The Bertz CT molecular complexity index is 706. The Morgan fingerprint density at radius 3 is 2.46 bits per heavy atom. The van der Waals surface area contributed by atoms with Gasteiger partial charge in [0.25, 0.3) is 0 Å². The average Bonchev–Trinajstić information content (AvgIpc) is 2.65. The fraction of sp³-hybridized carbons (Fsp3) is 0.750. The van der Waals surface area contributed by atoms with Crippen molar-refractivity contribution in [1.29, 1.82) is 0 Å². The number of piperidine rings is 1. The predicted molar refractivity (Wildman–Crippen MR) is 117 cm³/mol. The second kappa shape index (κ2) is 10.3. The highest BCUT2D eigenvalue weighted by molar-refractivity contribution is 7.90. The Hall–Kier alpha value is -1.54. The number of hydrazone groups is 1. The molecule has 1 saturated heterocycles. The number of rotatable bonds is 8. The number of sulfone groups is 1. The number of hydrogen-bond acceptors (Lipinski definition) is 6. The Morgan fingerprint density at radius 1 is 1.25 bits per heavy atom. The number of hydrogen-bond donors (Lipinski definition) is 1. The predicted octanol–water partition coefficient (Wildman–Crippen LogP) is 2.07. The third kappa shape index (κ3) is 7.47. The number of nitrogens with one attached hydrogen (secondary N) is 1. The molecule has 2 rings (SSSR count). The first-order valence-corrected chi connectivity index (χ1v) is 12.3. The summed E-state index contributed by atoms with van der Waals surface area (Å²) in [4.78, 5) is 4.47. The normalized spacial score (nSPS) is 19.8. The Kier molecular flexibility index (Phi) is 8.37. The standard InChI is InChI=1S/C20H37N5O2S/c1-6-23(3)20(22-24(4)21-19-9-7-17(2)8-10-19)18-11-13-25(14-12-18)15-16-28(5,26)27/h7,9,18,21H,6,8,10-16H2,1-5H3/b22-20-. The van der Waals surface area contributed by atoms with Crippen LogP contribution in [0.15, 0.2) is 28.5 Å². The zero-order valence-electron chi connectivity index (χ0n) is 18.1. The molecule has 1 heterocycles. The van der Waals surface area contributed by atoms with E-state index in [9.17, 15) is 8.42 Å². The SMILES string of the molecule is CCN(C)/C(=N\N(C)NC1=CC=C(C)CC1)C1CCN(CCS(C)(=O)=O)CC1. The molecule has 0 aromatic heterocycles. The molecule has 2 aliphatic rings. The summed E-state index contributed by atoms with van der Waals surface area (Å²) in [5, 5.41) is 6.71. The molecule has 0 spiro atoms. The fourth-order valence-electron chi connectivity index (χ4n) is 3.56. The van der Waals surface area contributed by atoms with Crippen LogP contribution < -0.4 is 5.43 Å². The van der Waals surface area contributed by atoms with Crippen molar-refractivity contribution in [3.05, 3.63) is 23.4 Å². The lowest BCUT2D eigenvalue weighted by atomic mass is 9.95. The molecular weight excluding hydrogens is 374 g/mol. The van der Waals surface area contributed by atoms with E-state index >= 15 is 0 Å². The van der Waals surface area contributed by atoms with E-state index in [-0.39, 0.29) is 5.75 Å². The van der Waals surface area contributed by atoms with Crippen LogP contribution in [0.2, 0.25) is 0 Å². The summed E-state index contributed by atoms with van der Waals surface area (Å²) in [6, 6.07) is 0. The molecule has 0 aromatic carbocycles. The molecule has 0 radical (unpaired) electrons. The summed E-state index contributed by atoms with van der Waals surface area (Å²) >= 11 is 0. The second-order valence-corrected chi connectivity index (χ2v) is 10.3. The quantitative estimate of drug-likeness (QED) is 0.375. The summed E-state index contributed by atoms with van der Waals surface area (Å²) in [6.07, 6.45) is 9.71. The van der Waals surface area contributed by atoms with Gasteiger partial charge in [-0.05, 0) is 58.7 Å². The van der Waals surface area contributed by atoms with Gasteiger partial charge in [-0.25, -0.2) is 13.5 Å². The number of nitrogens with zero attached hydrogens (tertiary/aromatic N) is 4. The van der Waals surface area contributed by atoms with Gasteiger partial charge in [0.2, 0.25) is 0 Å². The van der Waals surface area contributed by atoms with E-state index in [1.807, 2.05) is 12.2 Å². The number of hydrazine groups is 1. The van der Waals surface area contributed by atoms with Gasteiger partial charge in [0.15, 0.2) is 0 Å². The summed E-state index contributed by atoms with van der Waals surface area (Å²) in [5.41, 5.74) is 5.99. The smallest absolute Gasteiger partial charge is 0.148 e. The monoisotopic (exact) mass is 411 g/mol. The van der Waals surface area contributed by atoms with Crippen LogP contribution in [0.1, 0.15) is 39.5 Å². The zero-order valence-corrected chi connectivity index (χ0v) is 18.9. The van der Waals surface area contributed by atoms with Crippen LogP contribution in [0.5, 0.6) is 0 Å². The molecule has 0 unspecified atom stereocenters. The minimum Gasteiger partial charge on any atom is -0.362 e. The maximum Gasteiger partial charge on any atom is 0.148 e. The lowest BCUT2D eigenvalue weighted by molar-refractivity contribution is 0.207. The Balaban J connectivity index is 1.97. The van der Waals surface area contributed by atoms with Crippen molar-refractivity contribution in [2.75, 3.05) is 52.3 Å². The average molecular weight is 412 g/mol. The molecule has 1 aliphatic heterocycles. The molecule has 0 saturated carbocycles. The number of likely N-dealkylation sites (tertiary alicyclic amines) is 1. The maximum absolute atomic E-state index is 11.4. The van der Waals surface area contributed by atoms with Gasteiger partial charge in [-0.1, -0.05) is 11.6 Å². The second-order valence-electron chi connectivity index (χ2n) is 8.06. The van der Waals surface area contributed by atoms with Crippen LogP contribution >= 0.6 is 0 Å². The van der Waals surface area contributed by atoms with Gasteiger partial charge in [0.05, 0.1) is 5.75 Å². The minimum absolute atomic E-state index is 0.239. The molecule has 1 aliphatic carbocycles. The van der Waals surface area contributed by atoms with Crippen molar-refractivity contribution in [3.63, 3.8) is 0 Å². The molecule has 28 heavy (non-hydrogen) atoms. The summed E-state index contributed by atoms with van der Waals surface area (Å²) in [5.74, 6) is 1.73. The van der Waals surface area contributed by atoms with E-state index in [1.165, 1.54) is 17.5 Å². The summed E-state index contributed by atoms with van der Waals surface area (Å²) in [7, 11) is 1.14. The fourth-order valence-corrected chi connectivity index (χ4v) is 4.15. The first-order chi connectivity index (χ1) is 13.2. The minimum atomic E-state index is -2.90. The largest absolute Gasteiger partial charge is 0.362 e. The first kappa shape index (κ1) is 22.7. The highest BCUT2D eigenvalue weighted by Gasteiger charge is 2.26. The van der Waals surface area contributed by atoms with Gasteiger partial charge < -0.3 is 9.80 Å². The molecule has 8 heteroatoms. The van der Waals surface area contributed by atoms with Crippen molar-refractivity contribution in [2.24, 2.45) is 11.0 Å². The molecule has 1 N–H and O–H groups in total. The third-order valence-electron chi connectivity index (χ3n) is 5.51. The molecule has 0 aromatic rings. The molecule has 160 valence electrons. The highest BCUT2D eigenvalue weighted by atomic mass is 32.2. The first-order valence-electron chi connectivity index (χ1n) is 10.2. The molecule has 0 atom stereocenters. The molecule has 0 amide bonds. The van der Waals surface area contributed by atoms with E-state index in [0.29, 0.717) is 12.5 Å². The van der Waals surface area contributed by atoms with Gasteiger partial charge >= 0.3 is 0 Å². The highest BCUT2D eigenvalue weighted by Crippen LogP contribution is 2.21. The van der Waals surface area contributed by atoms with Crippen molar-refractivity contribution in [1.82, 2.24) is 20.3 Å². The van der Waals surface area contributed by atoms with E-state index < -0.39 is 9.84 Å². The van der Waals surface area contributed by atoms with Gasteiger partial charge in [-0.15, -0.1) is 5.10 Å². The molecule has 7 nitrogen and oxygen atoms in total. The van der Waals surface area contributed by atoms with E-state index in [1.54, 1.807) is 0 Å². The van der Waals surface area contributed by atoms with Crippen LogP contribution in [0.3, 0.4) is 0 Å². The Morgan fingerprint density at radius 2 is 1.93 bits per heavy atom. The van der Waals surface area contributed by atoms with E-state index in [4.69, 9.17) is 5.10 Å². The van der Waals surface area contributed by atoms with Crippen LogP contribution in [0, 0.1) is 5.92 Å². The van der Waals surface area contributed by atoms with Gasteiger partial charge in [-0.3, -0.25) is 5.43 Å². The van der Waals surface area contributed by atoms with Crippen molar-refractivity contribution in [2.45, 2.75) is 39.5 Å². The maximum atomic E-state index is 11.4.